The summed E-state index contributed by atoms with van der Waals surface area (Å²) in [6, 6.07) is -0.459. The van der Waals surface area contributed by atoms with Crippen LogP contribution in [0.3, 0.4) is 0 Å². The molecule has 0 saturated carbocycles. The maximum atomic E-state index is 11.7. The second-order valence-corrected chi connectivity index (χ2v) is 3.32. The molecule has 1 atom stereocenters. The van der Waals surface area contributed by atoms with Crippen molar-refractivity contribution >= 4 is 0 Å². The van der Waals surface area contributed by atoms with E-state index >= 15 is 0 Å². The maximum Gasteiger partial charge on any atom is 0.261 e. The zero-order chi connectivity index (χ0) is 12.7. The lowest BCUT2D eigenvalue weighted by molar-refractivity contribution is 0.0171. The Morgan fingerprint density at radius 3 is 2.82 bits per heavy atom. The van der Waals surface area contributed by atoms with Gasteiger partial charge in [-0.05, 0) is 0 Å². The van der Waals surface area contributed by atoms with Gasteiger partial charge in [0.2, 0.25) is 5.89 Å². The summed E-state index contributed by atoms with van der Waals surface area (Å²) in [4.78, 5) is 4.00. The molecule has 8 heteroatoms. The summed E-state index contributed by atoms with van der Waals surface area (Å²) in [6.45, 7) is -0.212. The van der Waals surface area contributed by atoms with Gasteiger partial charge in [-0.3, -0.25) is 0 Å². The number of hydrogen-bond donors (Lipinski definition) is 1. The average molecular weight is 251 g/mol. The van der Waals surface area contributed by atoms with Crippen LogP contribution in [0.5, 0.6) is 0 Å². The van der Waals surface area contributed by atoms with Gasteiger partial charge in [0.25, 0.3) is 6.43 Å². The average Bonchev–Trinajstić information content (AvgIpc) is 2.73. The summed E-state index contributed by atoms with van der Waals surface area (Å²) >= 11 is 0. The van der Waals surface area contributed by atoms with Gasteiger partial charge in [0, 0.05) is 7.11 Å². The maximum absolute atomic E-state index is 11.7. The van der Waals surface area contributed by atoms with E-state index < -0.39 is 19.1 Å². The van der Waals surface area contributed by atoms with Crippen LogP contribution in [0.4, 0.5) is 8.78 Å². The van der Waals surface area contributed by atoms with Crippen molar-refractivity contribution in [2.75, 3.05) is 26.9 Å². The van der Waals surface area contributed by atoms with E-state index in [4.69, 9.17) is 15.0 Å². The summed E-state index contributed by atoms with van der Waals surface area (Å²) in [7, 11) is 1.51. The molecule has 0 aliphatic rings. The number of halogens is 2. The Kier molecular flexibility index (Phi) is 5.95. The van der Waals surface area contributed by atoms with E-state index in [1.807, 2.05) is 0 Å². The number of methoxy groups -OCH3 is 1. The Morgan fingerprint density at radius 1 is 1.41 bits per heavy atom. The molecule has 0 bridgehead atoms. The van der Waals surface area contributed by atoms with Crippen molar-refractivity contribution < 1.29 is 22.8 Å². The van der Waals surface area contributed by atoms with Crippen molar-refractivity contribution in [2.24, 2.45) is 5.73 Å². The zero-order valence-electron chi connectivity index (χ0n) is 9.44. The van der Waals surface area contributed by atoms with Gasteiger partial charge in [-0.25, -0.2) is 8.78 Å². The number of alkyl halides is 2. The third-order valence-corrected chi connectivity index (χ3v) is 1.87. The van der Waals surface area contributed by atoms with Crippen LogP contribution in [0, 0.1) is 0 Å². The van der Waals surface area contributed by atoms with Crippen molar-refractivity contribution in [1.82, 2.24) is 10.1 Å². The van der Waals surface area contributed by atoms with E-state index in [0.717, 1.165) is 0 Å². The molecular formula is C9H15F2N3O3. The summed E-state index contributed by atoms with van der Waals surface area (Å²) in [5, 5.41) is 3.65. The molecule has 6 nitrogen and oxygen atoms in total. The molecule has 1 aromatic heterocycles. The largest absolute Gasteiger partial charge is 0.383 e. The Labute approximate surface area is 97.1 Å². The molecule has 1 unspecified atom stereocenters. The van der Waals surface area contributed by atoms with Crippen LogP contribution in [0.15, 0.2) is 4.52 Å². The van der Waals surface area contributed by atoms with Gasteiger partial charge in [-0.1, -0.05) is 5.16 Å². The highest BCUT2D eigenvalue weighted by atomic mass is 19.3. The van der Waals surface area contributed by atoms with Crippen LogP contribution in [0.1, 0.15) is 17.8 Å². The number of nitrogens with zero attached hydrogens (tertiary/aromatic N) is 2. The first kappa shape index (κ1) is 13.9. The molecular weight excluding hydrogens is 236 g/mol. The molecule has 0 spiro atoms. The van der Waals surface area contributed by atoms with E-state index in [1.165, 1.54) is 7.11 Å². The van der Waals surface area contributed by atoms with Crippen molar-refractivity contribution in [3.8, 4) is 0 Å². The summed E-state index contributed by atoms with van der Waals surface area (Å²) in [6.07, 6.45) is -2.19. The molecule has 0 radical (unpaired) electrons. The molecule has 0 aromatic carbocycles. The van der Waals surface area contributed by atoms with Crippen molar-refractivity contribution in [3.05, 3.63) is 11.7 Å². The van der Waals surface area contributed by atoms with Crippen LogP contribution in [0.2, 0.25) is 0 Å². The third-order valence-electron chi connectivity index (χ3n) is 1.87. The molecule has 0 aliphatic carbocycles. The third kappa shape index (κ3) is 5.16. The van der Waals surface area contributed by atoms with Crippen LogP contribution in [-0.4, -0.2) is 43.5 Å². The fraction of sp³-hybridized carbons (Fsp3) is 0.778. The van der Waals surface area contributed by atoms with Gasteiger partial charge in [0.15, 0.2) is 5.82 Å². The van der Waals surface area contributed by atoms with Gasteiger partial charge in [-0.15, -0.1) is 0 Å². The Balaban J connectivity index is 2.30. The van der Waals surface area contributed by atoms with Crippen LogP contribution >= 0.6 is 0 Å². The first-order valence-electron chi connectivity index (χ1n) is 5.06. The molecule has 1 rings (SSSR count). The number of ether oxygens (including phenoxy) is 2. The van der Waals surface area contributed by atoms with Crippen LogP contribution in [-0.2, 0) is 15.9 Å². The number of hydrogen-bond acceptors (Lipinski definition) is 6. The summed E-state index contributed by atoms with van der Waals surface area (Å²) in [5.74, 6) is 0.636. The highest BCUT2D eigenvalue weighted by Gasteiger charge is 2.13. The molecule has 0 fully saturated rings. The van der Waals surface area contributed by atoms with E-state index in [-0.39, 0.29) is 19.6 Å². The summed E-state index contributed by atoms with van der Waals surface area (Å²) < 4.78 is 37.9. The first-order chi connectivity index (χ1) is 8.13. The molecule has 0 aliphatic heterocycles. The van der Waals surface area contributed by atoms with E-state index in [0.29, 0.717) is 11.7 Å². The van der Waals surface area contributed by atoms with Crippen molar-refractivity contribution in [1.29, 1.82) is 0 Å². The molecule has 17 heavy (non-hydrogen) atoms. The van der Waals surface area contributed by atoms with Gasteiger partial charge in [0.1, 0.15) is 6.61 Å². The minimum absolute atomic E-state index is 0.103. The minimum atomic E-state index is -2.47. The highest BCUT2D eigenvalue weighted by Crippen LogP contribution is 2.07. The highest BCUT2D eigenvalue weighted by molar-refractivity contribution is 4.92. The van der Waals surface area contributed by atoms with Crippen molar-refractivity contribution in [2.45, 2.75) is 18.9 Å². The Morgan fingerprint density at radius 2 is 2.18 bits per heavy atom. The number of rotatable bonds is 8. The Bertz CT molecular complexity index is 322. The van der Waals surface area contributed by atoms with Crippen molar-refractivity contribution in [3.63, 3.8) is 0 Å². The lowest BCUT2D eigenvalue weighted by Gasteiger charge is -2.03. The first-order valence-corrected chi connectivity index (χ1v) is 5.06. The fourth-order valence-electron chi connectivity index (χ4n) is 1.11. The zero-order valence-corrected chi connectivity index (χ0v) is 9.44. The molecule has 98 valence electrons. The quantitative estimate of drug-likeness (QED) is 0.679. The SMILES string of the molecule is COCC(N)c1noc(CCOCC(F)F)n1. The normalized spacial score (nSPS) is 13.2. The van der Waals surface area contributed by atoms with E-state index in [2.05, 4.69) is 14.9 Å². The van der Waals surface area contributed by atoms with Gasteiger partial charge < -0.3 is 19.7 Å². The molecule has 1 heterocycles. The van der Waals surface area contributed by atoms with Gasteiger partial charge in [0.05, 0.1) is 25.7 Å². The van der Waals surface area contributed by atoms with E-state index in [9.17, 15) is 8.78 Å². The predicted octanol–water partition coefficient (Wildman–Crippen LogP) is 0.540. The molecule has 1 aromatic rings. The minimum Gasteiger partial charge on any atom is -0.383 e. The predicted molar refractivity (Wildman–Crippen MR) is 53.6 cm³/mol. The lowest BCUT2D eigenvalue weighted by atomic mass is 10.3. The monoisotopic (exact) mass is 251 g/mol. The van der Waals surface area contributed by atoms with Crippen LogP contribution < -0.4 is 5.73 Å². The molecule has 2 N–H and O–H groups in total. The Hall–Kier alpha value is -1.12. The van der Waals surface area contributed by atoms with E-state index in [1.54, 1.807) is 0 Å². The topological polar surface area (TPSA) is 83.4 Å². The lowest BCUT2D eigenvalue weighted by Crippen LogP contribution is -2.17. The smallest absolute Gasteiger partial charge is 0.261 e. The standard InChI is InChI=1S/C9H15F2N3O3/c1-15-4-6(12)9-13-8(17-14-9)2-3-16-5-7(10)11/h6-7H,2-5,12H2,1H3. The van der Waals surface area contributed by atoms with Gasteiger partial charge in [-0.2, -0.15) is 4.98 Å². The molecule has 0 saturated heterocycles. The second kappa shape index (κ2) is 7.25. The summed E-state index contributed by atoms with van der Waals surface area (Å²) in [5.41, 5.74) is 5.67. The van der Waals surface area contributed by atoms with Crippen LogP contribution in [0.25, 0.3) is 0 Å². The molecule has 0 amide bonds. The van der Waals surface area contributed by atoms with Gasteiger partial charge >= 0.3 is 0 Å². The second-order valence-electron chi connectivity index (χ2n) is 3.32. The fourth-order valence-corrected chi connectivity index (χ4v) is 1.11. The number of aromatic nitrogens is 2. The number of nitrogens with two attached hydrogens (primary N) is 1.